The number of alkyl halides is 1. The van der Waals surface area contributed by atoms with Crippen LogP contribution in [0.3, 0.4) is 0 Å². The Morgan fingerprint density at radius 3 is 2.29 bits per heavy atom. The molecule has 0 heterocycles. The number of benzene rings is 2. The van der Waals surface area contributed by atoms with E-state index in [1.54, 1.807) is 0 Å². The standard InChI is InChI=1S/C26H36ClN/c1-3-18-28(19-17-22-7-5-4-6-8-22)21(2)9-10-23-11-13-24(14-12-23)25-15-16-26(27)20-25/h4-8,11-14,21,25-26H,3,9-10,15-20H2,1-2H3. The average Bonchev–Trinajstić information content (AvgIpc) is 3.17. The van der Waals surface area contributed by atoms with Crippen LogP contribution in [0, 0.1) is 0 Å². The normalized spacial score (nSPS) is 20.6. The molecule has 0 aliphatic heterocycles. The van der Waals surface area contributed by atoms with Crippen LogP contribution in [0.1, 0.15) is 68.6 Å². The molecule has 1 nitrogen and oxygen atoms in total. The van der Waals surface area contributed by atoms with E-state index < -0.39 is 0 Å². The van der Waals surface area contributed by atoms with Gasteiger partial charge >= 0.3 is 0 Å². The summed E-state index contributed by atoms with van der Waals surface area (Å²) in [6, 6.07) is 20.9. The summed E-state index contributed by atoms with van der Waals surface area (Å²) < 4.78 is 0. The van der Waals surface area contributed by atoms with E-state index in [1.165, 1.54) is 48.9 Å². The Labute approximate surface area is 177 Å². The van der Waals surface area contributed by atoms with Crippen molar-refractivity contribution in [2.24, 2.45) is 0 Å². The van der Waals surface area contributed by atoms with E-state index >= 15 is 0 Å². The van der Waals surface area contributed by atoms with Gasteiger partial charge in [-0.3, -0.25) is 0 Å². The van der Waals surface area contributed by atoms with Gasteiger partial charge in [-0.25, -0.2) is 0 Å². The lowest BCUT2D eigenvalue weighted by Crippen LogP contribution is -2.35. The van der Waals surface area contributed by atoms with Gasteiger partial charge in [0.25, 0.3) is 0 Å². The molecule has 1 fully saturated rings. The molecule has 2 aromatic carbocycles. The highest BCUT2D eigenvalue weighted by atomic mass is 35.5. The van der Waals surface area contributed by atoms with E-state index in [2.05, 4.69) is 73.3 Å². The fraction of sp³-hybridized carbons (Fsp3) is 0.538. The second-order valence-corrected chi connectivity index (χ2v) is 9.13. The van der Waals surface area contributed by atoms with E-state index in [4.69, 9.17) is 11.6 Å². The van der Waals surface area contributed by atoms with Gasteiger partial charge in [0.05, 0.1) is 0 Å². The first-order valence-electron chi connectivity index (χ1n) is 11.2. The van der Waals surface area contributed by atoms with Crippen LogP contribution in [0.4, 0.5) is 0 Å². The maximum atomic E-state index is 6.29. The summed E-state index contributed by atoms with van der Waals surface area (Å²) in [7, 11) is 0. The highest BCUT2D eigenvalue weighted by Crippen LogP contribution is 2.37. The van der Waals surface area contributed by atoms with Crippen molar-refractivity contribution < 1.29 is 0 Å². The maximum Gasteiger partial charge on any atom is 0.0342 e. The molecular formula is C26H36ClN. The molecule has 0 amide bonds. The molecule has 3 unspecified atom stereocenters. The van der Waals surface area contributed by atoms with Crippen molar-refractivity contribution in [3.8, 4) is 0 Å². The minimum Gasteiger partial charge on any atom is -0.300 e. The summed E-state index contributed by atoms with van der Waals surface area (Å²) in [4.78, 5) is 2.67. The second kappa shape index (κ2) is 11.0. The summed E-state index contributed by atoms with van der Waals surface area (Å²) in [6.07, 6.45) is 8.31. The summed E-state index contributed by atoms with van der Waals surface area (Å²) in [6.45, 7) is 7.02. The molecular weight excluding hydrogens is 362 g/mol. The molecule has 2 aromatic rings. The van der Waals surface area contributed by atoms with Crippen molar-refractivity contribution in [1.82, 2.24) is 4.90 Å². The Balaban J connectivity index is 1.48. The van der Waals surface area contributed by atoms with Gasteiger partial charge in [-0.2, -0.15) is 0 Å². The van der Waals surface area contributed by atoms with E-state index in [0.29, 0.717) is 17.3 Å². The Morgan fingerprint density at radius 1 is 0.929 bits per heavy atom. The topological polar surface area (TPSA) is 3.24 Å². The number of rotatable bonds is 10. The number of hydrogen-bond donors (Lipinski definition) is 0. The van der Waals surface area contributed by atoms with Gasteiger partial charge in [-0.1, -0.05) is 61.5 Å². The van der Waals surface area contributed by atoms with Crippen LogP contribution >= 0.6 is 11.6 Å². The predicted octanol–water partition coefficient (Wildman–Crippen LogP) is 6.84. The molecule has 3 rings (SSSR count). The first-order valence-corrected chi connectivity index (χ1v) is 11.6. The molecule has 0 aromatic heterocycles. The van der Waals surface area contributed by atoms with Crippen LogP contribution < -0.4 is 0 Å². The van der Waals surface area contributed by atoms with Crippen LogP contribution in [-0.4, -0.2) is 29.4 Å². The fourth-order valence-corrected chi connectivity index (χ4v) is 4.84. The summed E-state index contributed by atoms with van der Waals surface area (Å²) in [5.41, 5.74) is 4.39. The molecule has 0 bridgehead atoms. The zero-order chi connectivity index (χ0) is 19.8. The highest BCUT2D eigenvalue weighted by molar-refractivity contribution is 6.20. The van der Waals surface area contributed by atoms with Crippen molar-refractivity contribution in [3.63, 3.8) is 0 Å². The van der Waals surface area contributed by atoms with Crippen molar-refractivity contribution >= 4 is 11.6 Å². The van der Waals surface area contributed by atoms with Gasteiger partial charge < -0.3 is 4.90 Å². The van der Waals surface area contributed by atoms with Gasteiger partial charge in [0.1, 0.15) is 0 Å². The first-order chi connectivity index (χ1) is 13.7. The van der Waals surface area contributed by atoms with E-state index in [0.717, 1.165) is 25.8 Å². The van der Waals surface area contributed by atoms with Crippen molar-refractivity contribution in [2.45, 2.75) is 76.1 Å². The Bertz CT molecular complexity index is 681. The Hall–Kier alpha value is -1.31. The third-order valence-corrected chi connectivity index (χ3v) is 6.73. The third-order valence-electron chi connectivity index (χ3n) is 6.34. The van der Waals surface area contributed by atoms with Gasteiger partial charge in [-0.05, 0) is 81.0 Å². The minimum atomic E-state index is 0.381. The SMILES string of the molecule is CCCN(CCc1ccccc1)C(C)CCc1ccc(C2CCC(Cl)C2)cc1. The number of halogens is 1. The van der Waals surface area contributed by atoms with E-state index in [9.17, 15) is 0 Å². The third kappa shape index (κ3) is 6.36. The molecule has 3 atom stereocenters. The second-order valence-electron chi connectivity index (χ2n) is 8.51. The number of nitrogens with zero attached hydrogens (tertiary/aromatic N) is 1. The summed E-state index contributed by atoms with van der Waals surface area (Å²) >= 11 is 6.29. The van der Waals surface area contributed by atoms with Gasteiger partial charge in [0.15, 0.2) is 0 Å². The van der Waals surface area contributed by atoms with Crippen LogP contribution in [-0.2, 0) is 12.8 Å². The number of aryl methyl sites for hydroxylation is 1. The molecule has 1 aliphatic rings. The minimum absolute atomic E-state index is 0.381. The first kappa shape index (κ1) is 21.4. The molecule has 0 spiro atoms. The molecule has 0 N–H and O–H groups in total. The monoisotopic (exact) mass is 397 g/mol. The summed E-state index contributed by atoms with van der Waals surface area (Å²) in [5.74, 6) is 0.675. The van der Waals surface area contributed by atoms with Gasteiger partial charge in [-0.15, -0.1) is 11.6 Å². The molecule has 28 heavy (non-hydrogen) atoms. The van der Waals surface area contributed by atoms with Crippen molar-refractivity contribution in [2.75, 3.05) is 13.1 Å². The average molecular weight is 398 g/mol. The predicted molar refractivity (Wildman–Crippen MR) is 122 cm³/mol. The number of hydrogen-bond acceptors (Lipinski definition) is 1. The van der Waals surface area contributed by atoms with E-state index in [1.807, 2.05) is 0 Å². The van der Waals surface area contributed by atoms with Crippen LogP contribution in [0.5, 0.6) is 0 Å². The molecule has 2 heteroatoms. The zero-order valence-electron chi connectivity index (χ0n) is 17.6. The highest BCUT2D eigenvalue weighted by Gasteiger charge is 2.24. The van der Waals surface area contributed by atoms with Crippen molar-refractivity contribution in [1.29, 1.82) is 0 Å². The fourth-order valence-electron chi connectivity index (χ4n) is 4.50. The van der Waals surface area contributed by atoms with Crippen molar-refractivity contribution in [3.05, 3.63) is 71.3 Å². The molecule has 0 saturated heterocycles. The van der Waals surface area contributed by atoms with E-state index in [-0.39, 0.29) is 0 Å². The summed E-state index contributed by atoms with van der Waals surface area (Å²) in [5, 5.41) is 0.381. The largest absolute Gasteiger partial charge is 0.300 e. The van der Waals surface area contributed by atoms with Crippen LogP contribution in [0.15, 0.2) is 54.6 Å². The lowest BCUT2D eigenvalue weighted by Gasteiger charge is -2.29. The molecule has 0 radical (unpaired) electrons. The molecule has 1 saturated carbocycles. The lowest BCUT2D eigenvalue weighted by atomic mass is 9.95. The zero-order valence-corrected chi connectivity index (χ0v) is 18.4. The van der Waals surface area contributed by atoms with Gasteiger partial charge in [0, 0.05) is 18.0 Å². The quantitative estimate of drug-likeness (QED) is 0.397. The Kier molecular flexibility index (Phi) is 8.43. The maximum absolute atomic E-state index is 6.29. The van der Waals surface area contributed by atoms with Crippen LogP contribution in [0.2, 0.25) is 0 Å². The van der Waals surface area contributed by atoms with Gasteiger partial charge in [0.2, 0.25) is 0 Å². The molecule has 1 aliphatic carbocycles. The smallest absolute Gasteiger partial charge is 0.0342 e. The molecule has 152 valence electrons. The lowest BCUT2D eigenvalue weighted by molar-refractivity contribution is 0.202. The Morgan fingerprint density at radius 2 is 1.64 bits per heavy atom. The van der Waals surface area contributed by atoms with Crippen LogP contribution in [0.25, 0.3) is 0 Å².